The maximum absolute atomic E-state index is 10.2. The van der Waals surface area contributed by atoms with E-state index in [2.05, 4.69) is 9.47 Å². The molecule has 2 N–H and O–H groups in total. The van der Waals surface area contributed by atoms with Crippen LogP contribution in [0.3, 0.4) is 0 Å². The molecule has 1 aliphatic rings. The summed E-state index contributed by atoms with van der Waals surface area (Å²) < 4.78 is 8.86. The van der Waals surface area contributed by atoms with Crippen LogP contribution in [0.1, 0.15) is 10.4 Å². The lowest BCUT2D eigenvalue weighted by Crippen LogP contribution is -2.10. The predicted molar refractivity (Wildman–Crippen MR) is 56.3 cm³/mol. The highest BCUT2D eigenvalue weighted by molar-refractivity contribution is 5.87. The minimum atomic E-state index is -1.03. The van der Waals surface area contributed by atoms with Gasteiger partial charge in [0.05, 0.1) is 5.56 Å². The van der Waals surface area contributed by atoms with Crippen LogP contribution in [-0.2, 0) is 14.3 Å². The molecule has 0 amide bonds. The van der Waals surface area contributed by atoms with E-state index in [1.807, 2.05) is 0 Å². The topological polar surface area (TPSA) is 93.1 Å². The summed E-state index contributed by atoms with van der Waals surface area (Å²) in [5.41, 5.74) is 0.0972. The highest BCUT2D eigenvalue weighted by Gasteiger charge is 2.02. The quantitative estimate of drug-likeness (QED) is 0.712. The van der Waals surface area contributed by atoms with E-state index >= 15 is 0 Å². The van der Waals surface area contributed by atoms with Crippen LogP contribution < -0.4 is 0 Å². The van der Waals surface area contributed by atoms with Gasteiger partial charge in [-0.2, -0.15) is 0 Å². The van der Waals surface area contributed by atoms with E-state index in [0.717, 1.165) is 0 Å². The van der Waals surface area contributed by atoms with Gasteiger partial charge in [-0.15, -0.1) is 0 Å². The van der Waals surface area contributed by atoms with Gasteiger partial charge in [-0.25, -0.2) is 9.59 Å². The van der Waals surface area contributed by atoms with Gasteiger partial charge < -0.3 is 19.7 Å². The number of aromatic carboxylic acids is 1. The second-order valence-electron chi connectivity index (χ2n) is 2.93. The number of carboxylic acid groups (broad SMARTS) is 1. The first-order valence-corrected chi connectivity index (χ1v) is 4.58. The average molecular weight is 238 g/mol. The monoisotopic (exact) mass is 238 g/mol. The third-order valence-electron chi connectivity index (χ3n) is 1.65. The fourth-order valence-corrected chi connectivity index (χ4v) is 0.932. The number of benzene rings is 1. The van der Waals surface area contributed by atoms with E-state index in [-0.39, 0.29) is 23.9 Å². The van der Waals surface area contributed by atoms with Crippen molar-refractivity contribution in [2.45, 2.75) is 0 Å². The van der Waals surface area contributed by atoms with Crippen molar-refractivity contribution in [1.29, 1.82) is 0 Å². The molecule has 0 radical (unpaired) electrons. The molecule has 0 spiro atoms. The number of hydrogen-bond acceptors (Lipinski definition) is 5. The molecule has 0 unspecified atom stereocenters. The van der Waals surface area contributed by atoms with E-state index in [0.29, 0.717) is 0 Å². The Kier molecular flexibility index (Phi) is 4.56. The number of phenolic OH excluding ortho intramolecular Hbond substituents is 1. The molecule has 0 aliphatic carbocycles. The van der Waals surface area contributed by atoms with E-state index in [1.54, 1.807) is 0 Å². The summed E-state index contributed by atoms with van der Waals surface area (Å²) in [6.45, 7) is 0.0382. The van der Waals surface area contributed by atoms with Gasteiger partial charge in [-0.3, -0.25) is 0 Å². The zero-order valence-corrected chi connectivity index (χ0v) is 8.70. The fraction of sp³-hybridized carbons (Fsp3) is 0.0909. The molecule has 6 nitrogen and oxygen atoms in total. The van der Waals surface area contributed by atoms with Crippen molar-refractivity contribution in [2.24, 2.45) is 0 Å². The second kappa shape index (κ2) is 6.16. The molecule has 0 atom stereocenters. The highest BCUT2D eigenvalue weighted by atomic mass is 16.6. The molecule has 17 heavy (non-hydrogen) atoms. The Bertz CT molecular complexity index is 437. The van der Waals surface area contributed by atoms with Gasteiger partial charge >= 0.3 is 11.9 Å². The van der Waals surface area contributed by atoms with Crippen molar-refractivity contribution in [3.8, 4) is 5.75 Å². The number of esters is 1. The predicted octanol–water partition coefficient (Wildman–Crippen LogP) is 1.12. The van der Waals surface area contributed by atoms with Crippen molar-refractivity contribution in [3.05, 3.63) is 42.4 Å². The Balaban J connectivity index is 0.000000181. The number of aromatic hydroxyl groups is 1. The molecule has 1 aliphatic heterocycles. The summed E-state index contributed by atoms with van der Waals surface area (Å²) in [7, 11) is 0. The highest BCUT2D eigenvalue weighted by Crippen LogP contribution is 2.09. The molecular weight excluding hydrogens is 228 g/mol. The fourth-order valence-electron chi connectivity index (χ4n) is 0.932. The molecular formula is C11H10O6. The lowest BCUT2D eigenvalue weighted by atomic mass is 10.2. The van der Waals surface area contributed by atoms with Gasteiger partial charge in [0.25, 0.3) is 0 Å². The van der Waals surface area contributed by atoms with E-state index in [9.17, 15) is 9.59 Å². The van der Waals surface area contributed by atoms with E-state index in [1.165, 1.54) is 36.8 Å². The molecule has 0 aromatic heterocycles. The third kappa shape index (κ3) is 4.70. The van der Waals surface area contributed by atoms with Crippen molar-refractivity contribution >= 4 is 11.9 Å². The lowest BCUT2D eigenvalue weighted by Gasteiger charge is -2.02. The van der Waals surface area contributed by atoms with Crippen LogP contribution in [0.25, 0.3) is 0 Å². The molecule has 0 fully saturated rings. The number of carbonyl (C=O) groups excluding carboxylic acids is 1. The van der Waals surface area contributed by atoms with Gasteiger partial charge in [0.2, 0.25) is 0 Å². The van der Waals surface area contributed by atoms with Crippen molar-refractivity contribution < 1.29 is 29.3 Å². The molecule has 1 aromatic rings. The summed E-state index contributed by atoms with van der Waals surface area (Å²) in [5, 5.41) is 17.2. The minimum absolute atomic E-state index is 0.0279. The number of hydrogen-bond donors (Lipinski definition) is 2. The number of ether oxygens (including phenoxy) is 2. The average Bonchev–Trinajstić information content (AvgIpc) is 2.31. The number of rotatable bonds is 1. The molecule has 0 saturated heterocycles. The van der Waals surface area contributed by atoms with Crippen molar-refractivity contribution in [1.82, 2.24) is 0 Å². The van der Waals surface area contributed by atoms with Gasteiger partial charge in [0.1, 0.15) is 18.3 Å². The zero-order valence-electron chi connectivity index (χ0n) is 8.70. The van der Waals surface area contributed by atoms with Gasteiger partial charge in [0, 0.05) is 0 Å². The van der Waals surface area contributed by atoms with Crippen LogP contribution >= 0.6 is 0 Å². The van der Waals surface area contributed by atoms with Gasteiger partial charge in [0.15, 0.2) is 6.61 Å². The Morgan fingerprint density at radius 3 is 2.41 bits per heavy atom. The summed E-state index contributed by atoms with van der Waals surface area (Å²) in [4.78, 5) is 20.3. The minimum Gasteiger partial charge on any atom is -0.508 e. The van der Waals surface area contributed by atoms with Gasteiger partial charge in [-0.05, 0) is 18.2 Å². The molecule has 2 rings (SSSR count). The Hall–Kier alpha value is -2.50. The maximum Gasteiger partial charge on any atom is 0.349 e. The SMILES string of the molecule is O=C(O)c1cccc(O)c1.O=C1COC=CO1. The summed E-state index contributed by atoms with van der Waals surface area (Å²) in [6, 6.07) is 5.52. The number of cyclic esters (lactones) is 1. The van der Waals surface area contributed by atoms with Crippen LogP contribution in [-0.4, -0.2) is 28.8 Å². The van der Waals surface area contributed by atoms with E-state index < -0.39 is 5.97 Å². The van der Waals surface area contributed by atoms with Crippen LogP contribution in [0.15, 0.2) is 36.8 Å². The maximum atomic E-state index is 10.2. The van der Waals surface area contributed by atoms with Crippen molar-refractivity contribution in [3.63, 3.8) is 0 Å². The first-order chi connectivity index (χ1) is 8.09. The molecule has 1 heterocycles. The van der Waals surface area contributed by atoms with Gasteiger partial charge in [-0.1, -0.05) is 6.07 Å². The first kappa shape index (κ1) is 12.6. The number of phenols is 1. The first-order valence-electron chi connectivity index (χ1n) is 4.58. The Labute approximate surface area is 96.7 Å². The van der Waals surface area contributed by atoms with E-state index in [4.69, 9.17) is 10.2 Å². The van der Waals surface area contributed by atoms with Crippen LogP contribution in [0.5, 0.6) is 5.75 Å². The number of carbonyl (C=O) groups is 2. The Morgan fingerprint density at radius 1 is 1.29 bits per heavy atom. The normalized spacial score (nSPS) is 12.8. The van der Waals surface area contributed by atoms with Crippen molar-refractivity contribution in [2.75, 3.05) is 6.61 Å². The zero-order chi connectivity index (χ0) is 12.7. The third-order valence-corrected chi connectivity index (χ3v) is 1.65. The number of carboxylic acids is 1. The summed E-state index contributed by atoms with van der Waals surface area (Å²) >= 11 is 0. The standard InChI is InChI=1S/C7H6O3.C4H4O3/c8-6-3-1-2-5(4-6)7(9)10;5-4-3-6-1-2-7-4/h1-4,8H,(H,9,10);1-2H,3H2. The molecule has 90 valence electrons. The smallest absolute Gasteiger partial charge is 0.349 e. The lowest BCUT2D eigenvalue weighted by molar-refractivity contribution is -0.144. The largest absolute Gasteiger partial charge is 0.508 e. The second-order valence-corrected chi connectivity index (χ2v) is 2.93. The van der Waals surface area contributed by atoms with Crippen LogP contribution in [0, 0.1) is 0 Å². The summed E-state index contributed by atoms with van der Waals surface area (Å²) in [6.07, 6.45) is 2.55. The van der Waals surface area contributed by atoms with Crippen LogP contribution in [0.2, 0.25) is 0 Å². The molecule has 6 heteroatoms. The molecule has 0 saturated carbocycles. The Morgan fingerprint density at radius 2 is 2.06 bits per heavy atom. The summed E-state index contributed by atoms with van der Waals surface area (Å²) in [5.74, 6) is -1.40. The van der Waals surface area contributed by atoms with Crippen LogP contribution in [0.4, 0.5) is 0 Å². The molecule has 0 bridgehead atoms. The molecule has 1 aromatic carbocycles.